The monoisotopic (exact) mass is 208 g/mol. The van der Waals surface area contributed by atoms with Gasteiger partial charge in [-0.2, -0.15) is 0 Å². The minimum absolute atomic E-state index is 0.185. The average Bonchev–Trinajstić information content (AvgIpc) is 2.18. The van der Waals surface area contributed by atoms with E-state index in [1.165, 1.54) is 0 Å². The minimum Gasteiger partial charge on any atom is -0.369 e. The first-order chi connectivity index (χ1) is 7.09. The lowest BCUT2D eigenvalue weighted by molar-refractivity contribution is 0.0994. The number of primary amides is 1. The highest BCUT2D eigenvalue weighted by Crippen LogP contribution is 2.04. The predicted molar refractivity (Wildman–Crippen MR) is 58.5 cm³/mol. The van der Waals surface area contributed by atoms with Crippen molar-refractivity contribution in [1.82, 2.24) is 10.2 Å². The van der Waals surface area contributed by atoms with Crippen molar-refractivity contribution in [1.29, 1.82) is 0 Å². The van der Waals surface area contributed by atoms with Crippen LogP contribution in [0.25, 0.3) is 0 Å². The number of amides is 1. The summed E-state index contributed by atoms with van der Waals surface area (Å²) in [4.78, 5) is 10.7. The number of rotatable bonds is 5. The van der Waals surface area contributed by atoms with Crippen molar-refractivity contribution < 1.29 is 4.79 Å². The zero-order valence-electron chi connectivity index (χ0n) is 9.03. The van der Waals surface area contributed by atoms with Gasteiger partial charge in [0.25, 0.3) is 5.91 Å². The summed E-state index contributed by atoms with van der Waals surface area (Å²) >= 11 is 0. The zero-order chi connectivity index (χ0) is 11.3. The molecule has 1 aromatic rings. The van der Waals surface area contributed by atoms with Crippen molar-refractivity contribution >= 4 is 11.7 Å². The summed E-state index contributed by atoms with van der Waals surface area (Å²) in [5.41, 5.74) is 5.23. The summed E-state index contributed by atoms with van der Waals surface area (Å²) in [5, 5.41) is 10.6. The van der Waals surface area contributed by atoms with Crippen molar-refractivity contribution in [2.45, 2.75) is 20.3 Å². The lowest BCUT2D eigenvalue weighted by Gasteiger charge is -2.06. The molecule has 0 fully saturated rings. The van der Waals surface area contributed by atoms with Gasteiger partial charge in [0.1, 0.15) is 5.82 Å². The summed E-state index contributed by atoms with van der Waals surface area (Å²) in [6.07, 6.45) is 1.07. The maximum absolute atomic E-state index is 10.7. The second-order valence-electron chi connectivity index (χ2n) is 3.78. The molecule has 0 aliphatic rings. The number of anilines is 1. The number of carbonyl (C=O) groups excluding carboxylic acids is 1. The van der Waals surface area contributed by atoms with Crippen LogP contribution in [0.15, 0.2) is 12.1 Å². The van der Waals surface area contributed by atoms with Gasteiger partial charge in [-0.25, -0.2) is 0 Å². The van der Waals surface area contributed by atoms with Crippen LogP contribution in [0.5, 0.6) is 0 Å². The maximum Gasteiger partial charge on any atom is 0.269 e. The molecule has 5 nitrogen and oxygen atoms in total. The van der Waals surface area contributed by atoms with E-state index in [0.29, 0.717) is 11.7 Å². The maximum atomic E-state index is 10.7. The van der Waals surface area contributed by atoms with Crippen LogP contribution in [-0.2, 0) is 0 Å². The fraction of sp³-hybridized carbons (Fsp3) is 0.500. The molecule has 0 aliphatic carbocycles. The van der Waals surface area contributed by atoms with Gasteiger partial charge in [-0.05, 0) is 24.5 Å². The molecule has 0 radical (unpaired) electrons. The molecule has 0 saturated heterocycles. The molecule has 1 aromatic heterocycles. The smallest absolute Gasteiger partial charge is 0.269 e. The van der Waals surface area contributed by atoms with Crippen molar-refractivity contribution in [3.8, 4) is 0 Å². The Morgan fingerprint density at radius 1 is 1.47 bits per heavy atom. The van der Waals surface area contributed by atoms with Crippen LogP contribution in [0, 0.1) is 5.92 Å². The average molecular weight is 208 g/mol. The zero-order valence-corrected chi connectivity index (χ0v) is 9.03. The second kappa shape index (κ2) is 5.29. The quantitative estimate of drug-likeness (QED) is 0.757. The summed E-state index contributed by atoms with van der Waals surface area (Å²) < 4.78 is 0. The third-order valence-electron chi connectivity index (χ3n) is 1.94. The normalized spacial score (nSPS) is 10.3. The van der Waals surface area contributed by atoms with Crippen LogP contribution < -0.4 is 11.1 Å². The van der Waals surface area contributed by atoms with Gasteiger partial charge in [0.15, 0.2) is 5.69 Å². The predicted octanol–water partition coefficient (Wildman–Crippen LogP) is 1.03. The topological polar surface area (TPSA) is 80.9 Å². The number of carbonyl (C=O) groups is 1. The molecule has 1 heterocycles. The van der Waals surface area contributed by atoms with Gasteiger partial charge in [-0.3, -0.25) is 4.79 Å². The molecule has 0 unspecified atom stereocenters. The van der Waals surface area contributed by atoms with Crippen LogP contribution >= 0.6 is 0 Å². The van der Waals surface area contributed by atoms with E-state index in [4.69, 9.17) is 5.73 Å². The Hall–Kier alpha value is -1.65. The Morgan fingerprint density at radius 3 is 2.67 bits per heavy atom. The molecule has 82 valence electrons. The lowest BCUT2D eigenvalue weighted by atomic mass is 10.1. The molecule has 0 bridgehead atoms. The number of nitrogens with two attached hydrogens (primary N) is 1. The van der Waals surface area contributed by atoms with Crippen molar-refractivity contribution in [2.75, 3.05) is 11.9 Å². The first kappa shape index (κ1) is 11.4. The molecule has 15 heavy (non-hydrogen) atoms. The number of hydrogen-bond acceptors (Lipinski definition) is 4. The highest BCUT2D eigenvalue weighted by atomic mass is 16.1. The number of nitrogens with zero attached hydrogens (tertiary/aromatic N) is 2. The van der Waals surface area contributed by atoms with Gasteiger partial charge in [0.05, 0.1) is 0 Å². The van der Waals surface area contributed by atoms with E-state index in [1.54, 1.807) is 12.1 Å². The fourth-order valence-corrected chi connectivity index (χ4v) is 1.05. The third-order valence-corrected chi connectivity index (χ3v) is 1.94. The lowest BCUT2D eigenvalue weighted by Crippen LogP contribution is -2.14. The molecule has 1 rings (SSSR count). The minimum atomic E-state index is -0.559. The Balaban J connectivity index is 2.46. The Labute approximate surface area is 89.1 Å². The van der Waals surface area contributed by atoms with E-state index in [1.807, 2.05) is 0 Å². The van der Waals surface area contributed by atoms with Gasteiger partial charge in [-0.1, -0.05) is 13.8 Å². The van der Waals surface area contributed by atoms with E-state index in [-0.39, 0.29) is 5.69 Å². The molecular weight excluding hydrogens is 192 g/mol. The first-order valence-electron chi connectivity index (χ1n) is 4.97. The highest BCUT2D eigenvalue weighted by Gasteiger charge is 2.02. The molecule has 0 atom stereocenters. The molecular formula is C10H16N4O. The highest BCUT2D eigenvalue weighted by molar-refractivity contribution is 5.90. The number of aromatic nitrogens is 2. The van der Waals surface area contributed by atoms with Crippen LogP contribution in [-0.4, -0.2) is 22.6 Å². The molecule has 0 saturated carbocycles. The van der Waals surface area contributed by atoms with Gasteiger partial charge in [0.2, 0.25) is 0 Å². The van der Waals surface area contributed by atoms with E-state index in [0.717, 1.165) is 13.0 Å². The van der Waals surface area contributed by atoms with Gasteiger partial charge in [0, 0.05) is 6.54 Å². The third kappa shape index (κ3) is 3.93. The Bertz CT molecular complexity index is 321. The molecule has 0 aliphatic heterocycles. The second-order valence-corrected chi connectivity index (χ2v) is 3.78. The van der Waals surface area contributed by atoms with Gasteiger partial charge >= 0.3 is 0 Å². The summed E-state index contributed by atoms with van der Waals surface area (Å²) in [5.74, 6) is 0.757. The number of hydrogen-bond donors (Lipinski definition) is 2. The van der Waals surface area contributed by atoms with Crippen LogP contribution in [0.1, 0.15) is 30.8 Å². The van der Waals surface area contributed by atoms with E-state index < -0.39 is 5.91 Å². The van der Waals surface area contributed by atoms with E-state index in [2.05, 4.69) is 29.4 Å². The SMILES string of the molecule is CC(C)CCNc1ccc(C(N)=O)nn1. The van der Waals surface area contributed by atoms with Gasteiger partial charge < -0.3 is 11.1 Å². The molecule has 1 amide bonds. The largest absolute Gasteiger partial charge is 0.369 e. The molecule has 0 spiro atoms. The molecule has 3 N–H and O–H groups in total. The van der Waals surface area contributed by atoms with Crippen LogP contribution in [0.4, 0.5) is 5.82 Å². The van der Waals surface area contributed by atoms with Crippen LogP contribution in [0.3, 0.4) is 0 Å². The number of nitrogens with one attached hydrogen (secondary N) is 1. The summed E-state index contributed by atoms with van der Waals surface area (Å²) in [6.45, 7) is 5.16. The van der Waals surface area contributed by atoms with Crippen molar-refractivity contribution in [2.24, 2.45) is 11.7 Å². The fourth-order valence-electron chi connectivity index (χ4n) is 1.05. The summed E-state index contributed by atoms with van der Waals surface area (Å²) in [7, 11) is 0. The Kier molecular flexibility index (Phi) is 4.03. The Morgan fingerprint density at radius 2 is 2.20 bits per heavy atom. The molecule has 5 heteroatoms. The van der Waals surface area contributed by atoms with Crippen LogP contribution in [0.2, 0.25) is 0 Å². The first-order valence-corrected chi connectivity index (χ1v) is 4.97. The van der Waals surface area contributed by atoms with Crippen molar-refractivity contribution in [3.63, 3.8) is 0 Å². The standard InChI is InChI=1S/C10H16N4O/c1-7(2)5-6-12-9-4-3-8(10(11)15)13-14-9/h3-4,7H,5-6H2,1-2H3,(H2,11,15)(H,12,14). The van der Waals surface area contributed by atoms with Gasteiger partial charge in [-0.15, -0.1) is 10.2 Å². The molecule has 0 aromatic carbocycles. The summed E-state index contributed by atoms with van der Waals surface area (Å²) in [6, 6.07) is 3.26. The van der Waals surface area contributed by atoms with E-state index in [9.17, 15) is 4.79 Å². The van der Waals surface area contributed by atoms with Crippen molar-refractivity contribution in [3.05, 3.63) is 17.8 Å². The van der Waals surface area contributed by atoms with E-state index >= 15 is 0 Å².